The van der Waals surface area contributed by atoms with E-state index in [0.29, 0.717) is 12.1 Å². The van der Waals surface area contributed by atoms with Crippen molar-refractivity contribution in [1.29, 1.82) is 0 Å². The number of carbonyl (C=O) groups is 1. The first-order chi connectivity index (χ1) is 11.1. The number of amides is 1. The maximum absolute atomic E-state index is 12.3. The van der Waals surface area contributed by atoms with E-state index in [4.69, 9.17) is 0 Å². The van der Waals surface area contributed by atoms with E-state index in [9.17, 15) is 15.0 Å². The molecular formula is C18H20N2O3. The molecule has 3 N–H and O–H groups in total. The second kappa shape index (κ2) is 6.48. The molecule has 0 radical (unpaired) electrons. The van der Waals surface area contributed by atoms with Gasteiger partial charge in [0.2, 0.25) is 0 Å². The fourth-order valence-corrected chi connectivity index (χ4v) is 3.18. The zero-order chi connectivity index (χ0) is 16.4. The van der Waals surface area contributed by atoms with E-state index in [1.165, 1.54) is 0 Å². The van der Waals surface area contributed by atoms with Gasteiger partial charge in [0, 0.05) is 12.1 Å². The van der Waals surface area contributed by atoms with Gasteiger partial charge < -0.3 is 15.5 Å². The number of hydrogen-bond donors (Lipinski definition) is 3. The van der Waals surface area contributed by atoms with Crippen LogP contribution in [0.1, 0.15) is 34.0 Å². The van der Waals surface area contributed by atoms with Crippen molar-refractivity contribution in [3.63, 3.8) is 0 Å². The molecule has 1 fully saturated rings. The van der Waals surface area contributed by atoms with Gasteiger partial charge >= 0.3 is 0 Å². The van der Waals surface area contributed by atoms with Crippen molar-refractivity contribution < 1.29 is 15.0 Å². The van der Waals surface area contributed by atoms with E-state index < -0.39 is 18.2 Å². The first-order valence-electron chi connectivity index (χ1n) is 7.71. The Kier molecular flexibility index (Phi) is 4.41. The van der Waals surface area contributed by atoms with Crippen LogP contribution in [0, 0.1) is 6.92 Å². The summed E-state index contributed by atoms with van der Waals surface area (Å²) in [5.41, 5.74) is 2.41. The summed E-state index contributed by atoms with van der Waals surface area (Å²) in [6.45, 7) is 1.99. The highest BCUT2D eigenvalue weighted by Gasteiger charge is 2.43. The van der Waals surface area contributed by atoms with Crippen molar-refractivity contribution in [3.05, 3.63) is 65.5 Å². The number of rotatable bonds is 3. The van der Waals surface area contributed by atoms with Gasteiger partial charge in [0.25, 0.3) is 5.91 Å². The molecule has 0 spiro atoms. The predicted octanol–water partition coefficient (Wildman–Crippen LogP) is 1.40. The molecule has 1 aromatic heterocycles. The molecule has 3 rings (SSSR count). The minimum absolute atomic E-state index is 0.132. The third kappa shape index (κ3) is 3.25. The van der Waals surface area contributed by atoms with Crippen LogP contribution in [0.5, 0.6) is 0 Å². The lowest BCUT2D eigenvalue weighted by Gasteiger charge is -2.24. The van der Waals surface area contributed by atoms with E-state index in [-0.39, 0.29) is 11.8 Å². The Labute approximate surface area is 135 Å². The normalized spacial score (nSPS) is 26.9. The molecule has 0 bridgehead atoms. The van der Waals surface area contributed by atoms with Gasteiger partial charge in [-0.05, 0) is 31.0 Å². The van der Waals surface area contributed by atoms with Crippen LogP contribution < -0.4 is 5.32 Å². The second-order valence-electron chi connectivity index (χ2n) is 6.03. The van der Waals surface area contributed by atoms with Gasteiger partial charge in [-0.2, -0.15) is 0 Å². The Balaban J connectivity index is 1.84. The predicted molar refractivity (Wildman–Crippen MR) is 86.0 cm³/mol. The van der Waals surface area contributed by atoms with Crippen molar-refractivity contribution in [3.8, 4) is 0 Å². The Bertz CT molecular complexity index is 690. The van der Waals surface area contributed by atoms with Gasteiger partial charge in [-0.25, -0.2) is 0 Å². The molecule has 1 amide bonds. The second-order valence-corrected chi connectivity index (χ2v) is 6.03. The topological polar surface area (TPSA) is 82.5 Å². The van der Waals surface area contributed by atoms with Crippen LogP contribution in [0.25, 0.3) is 0 Å². The maximum Gasteiger partial charge on any atom is 0.270 e. The summed E-state index contributed by atoms with van der Waals surface area (Å²) in [7, 11) is 0. The first kappa shape index (κ1) is 15.6. The number of aryl methyl sites for hydroxylation is 1. The minimum Gasteiger partial charge on any atom is -0.390 e. The number of nitrogens with one attached hydrogen (secondary N) is 1. The molecule has 0 aliphatic heterocycles. The van der Waals surface area contributed by atoms with Crippen molar-refractivity contribution in [2.24, 2.45) is 0 Å². The molecule has 1 heterocycles. The summed E-state index contributed by atoms with van der Waals surface area (Å²) in [5, 5.41) is 23.1. The number of hydrogen-bond acceptors (Lipinski definition) is 4. The van der Waals surface area contributed by atoms with Crippen LogP contribution in [0.3, 0.4) is 0 Å². The number of pyridine rings is 1. The fraction of sp³-hybridized carbons (Fsp3) is 0.333. The molecule has 0 saturated heterocycles. The Morgan fingerprint density at radius 2 is 2.04 bits per heavy atom. The Hall–Kier alpha value is -2.24. The Morgan fingerprint density at radius 3 is 2.74 bits per heavy atom. The van der Waals surface area contributed by atoms with Gasteiger partial charge in [0.15, 0.2) is 0 Å². The van der Waals surface area contributed by atoms with Gasteiger partial charge in [-0.1, -0.05) is 35.9 Å². The monoisotopic (exact) mass is 312 g/mol. The molecule has 23 heavy (non-hydrogen) atoms. The lowest BCUT2D eigenvalue weighted by molar-refractivity contribution is 0.0294. The standard InChI is InChI=1S/C18H20N2O3/c1-11-5-4-6-12(9-11)13-10-15(21)17(22)16(13)20-18(23)14-7-2-3-8-19-14/h2-9,13,15-17,21-22H,10H2,1H3,(H,20,23)/t13-,15-,16-,17-/m1/s1. The third-order valence-electron chi connectivity index (χ3n) is 4.36. The molecule has 4 atom stereocenters. The molecule has 1 aromatic carbocycles. The van der Waals surface area contributed by atoms with Crippen LogP contribution in [0.4, 0.5) is 0 Å². The highest BCUT2D eigenvalue weighted by molar-refractivity contribution is 5.92. The summed E-state index contributed by atoms with van der Waals surface area (Å²) < 4.78 is 0. The van der Waals surface area contributed by atoms with Crippen LogP contribution in [-0.2, 0) is 0 Å². The van der Waals surface area contributed by atoms with Crippen LogP contribution in [-0.4, -0.2) is 39.4 Å². The highest BCUT2D eigenvalue weighted by atomic mass is 16.3. The van der Waals surface area contributed by atoms with Crippen LogP contribution >= 0.6 is 0 Å². The summed E-state index contributed by atoms with van der Waals surface area (Å²) in [4.78, 5) is 16.4. The summed E-state index contributed by atoms with van der Waals surface area (Å²) in [6.07, 6.45) is 0.118. The first-order valence-corrected chi connectivity index (χ1v) is 7.71. The van der Waals surface area contributed by atoms with Crippen LogP contribution in [0.2, 0.25) is 0 Å². The highest BCUT2D eigenvalue weighted by Crippen LogP contribution is 2.35. The van der Waals surface area contributed by atoms with E-state index in [2.05, 4.69) is 10.3 Å². The number of aliphatic hydroxyl groups is 2. The number of nitrogens with zero attached hydrogens (tertiary/aromatic N) is 1. The molecule has 5 heteroatoms. The summed E-state index contributed by atoms with van der Waals surface area (Å²) in [5.74, 6) is -0.478. The van der Waals surface area contributed by atoms with Crippen molar-refractivity contribution in [1.82, 2.24) is 10.3 Å². The van der Waals surface area contributed by atoms with E-state index in [0.717, 1.165) is 11.1 Å². The van der Waals surface area contributed by atoms with E-state index in [1.54, 1.807) is 24.4 Å². The number of aromatic nitrogens is 1. The third-order valence-corrected chi connectivity index (χ3v) is 4.36. The molecular weight excluding hydrogens is 292 g/mol. The fourth-order valence-electron chi connectivity index (χ4n) is 3.18. The molecule has 1 saturated carbocycles. The minimum atomic E-state index is -0.992. The average molecular weight is 312 g/mol. The molecule has 1 aliphatic rings. The van der Waals surface area contributed by atoms with Crippen molar-refractivity contribution >= 4 is 5.91 Å². The lowest BCUT2D eigenvalue weighted by Crippen LogP contribution is -2.45. The summed E-state index contributed by atoms with van der Waals surface area (Å²) in [6, 6.07) is 12.5. The van der Waals surface area contributed by atoms with Crippen molar-refractivity contribution in [2.75, 3.05) is 0 Å². The molecule has 0 unspecified atom stereocenters. The van der Waals surface area contributed by atoms with E-state index in [1.807, 2.05) is 31.2 Å². The lowest BCUT2D eigenvalue weighted by atomic mass is 9.92. The van der Waals surface area contributed by atoms with Gasteiger partial charge in [0.05, 0.1) is 12.1 Å². The number of carbonyl (C=O) groups excluding carboxylic acids is 1. The zero-order valence-electron chi connectivity index (χ0n) is 12.9. The molecule has 2 aromatic rings. The van der Waals surface area contributed by atoms with E-state index >= 15 is 0 Å². The summed E-state index contributed by atoms with van der Waals surface area (Å²) >= 11 is 0. The maximum atomic E-state index is 12.3. The smallest absolute Gasteiger partial charge is 0.270 e. The average Bonchev–Trinajstić information content (AvgIpc) is 2.84. The SMILES string of the molecule is Cc1cccc([C@H]2C[C@@H](O)[C@@H](O)[C@@H]2NC(=O)c2ccccn2)c1. The number of aliphatic hydroxyl groups excluding tert-OH is 2. The molecule has 120 valence electrons. The van der Waals surface area contributed by atoms with Gasteiger partial charge in [-0.3, -0.25) is 9.78 Å². The quantitative estimate of drug-likeness (QED) is 0.800. The Morgan fingerprint density at radius 1 is 1.22 bits per heavy atom. The molecule has 5 nitrogen and oxygen atoms in total. The van der Waals surface area contributed by atoms with Gasteiger partial charge in [0.1, 0.15) is 11.8 Å². The number of benzene rings is 1. The van der Waals surface area contributed by atoms with Crippen molar-refractivity contribution in [2.45, 2.75) is 37.5 Å². The largest absolute Gasteiger partial charge is 0.390 e. The van der Waals surface area contributed by atoms with Crippen LogP contribution in [0.15, 0.2) is 48.7 Å². The molecule has 1 aliphatic carbocycles. The van der Waals surface area contributed by atoms with Gasteiger partial charge in [-0.15, -0.1) is 0 Å². The zero-order valence-corrected chi connectivity index (χ0v) is 12.9.